The molecule has 0 saturated heterocycles. The summed E-state index contributed by atoms with van der Waals surface area (Å²) in [5.41, 5.74) is 9.31. The number of fused-ring (bicyclic) bond motifs is 1. The van der Waals surface area contributed by atoms with Crippen LogP contribution in [0.1, 0.15) is 12.5 Å². The van der Waals surface area contributed by atoms with Crippen LogP contribution >= 0.6 is 0 Å². The van der Waals surface area contributed by atoms with Crippen molar-refractivity contribution in [1.82, 2.24) is 0 Å². The third kappa shape index (κ3) is 1.82. The first-order chi connectivity index (χ1) is 8.63. The third-order valence-corrected chi connectivity index (χ3v) is 3.22. The second-order valence-corrected chi connectivity index (χ2v) is 4.69. The zero-order chi connectivity index (χ0) is 12.7. The molecule has 0 radical (unpaired) electrons. The Morgan fingerprint density at radius 3 is 2.89 bits per heavy atom. The molecule has 92 valence electrons. The highest BCUT2D eigenvalue weighted by Gasteiger charge is 2.19. The molecule has 0 aromatic heterocycles. The van der Waals surface area contributed by atoms with E-state index in [4.69, 9.17) is 10.5 Å². The molecule has 3 rings (SSSR count). The SMILES string of the molecule is CC1Cc2cc(-c3cc(F)ccc3N)ccc2O1. The molecule has 2 nitrogen and oxygen atoms in total. The molecule has 0 amide bonds. The lowest BCUT2D eigenvalue weighted by molar-refractivity contribution is 0.254. The van der Waals surface area contributed by atoms with E-state index >= 15 is 0 Å². The number of nitrogens with two attached hydrogens (primary N) is 1. The number of anilines is 1. The minimum absolute atomic E-state index is 0.208. The van der Waals surface area contributed by atoms with Crippen LogP contribution in [0, 0.1) is 5.82 Å². The highest BCUT2D eigenvalue weighted by molar-refractivity contribution is 5.77. The first-order valence-corrected chi connectivity index (χ1v) is 5.98. The molecule has 0 spiro atoms. The van der Waals surface area contributed by atoms with Crippen molar-refractivity contribution >= 4 is 5.69 Å². The fraction of sp³-hybridized carbons (Fsp3) is 0.200. The van der Waals surface area contributed by atoms with Crippen LogP contribution < -0.4 is 10.5 Å². The molecule has 0 bridgehead atoms. The molecule has 0 fully saturated rings. The summed E-state index contributed by atoms with van der Waals surface area (Å²) in [5.74, 6) is 0.644. The molecule has 2 N–H and O–H groups in total. The second-order valence-electron chi connectivity index (χ2n) is 4.69. The number of hydrogen-bond acceptors (Lipinski definition) is 2. The van der Waals surface area contributed by atoms with Crippen molar-refractivity contribution in [2.75, 3.05) is 5.73 Å². The van der Waals surface area contributed by atoms with Crippen molar-refractivity contribution in [2.24, 2.45) is 0 Å². The first kappa shape index (κ1) is 11.1. The van der Waals surface area contributed by atoms with Crippen LogP contribution in [0.3, 0.4) is 0 Å². The average Bonchev–Trinajstić information content (AvgIpc) is 2.71. The first-order valence-electron chi connectivity index (χ1n) is 5.98. The summed E-state index contributed by atoms with van der Waals surface area (Å²) in [6.45, 7) is 2.04. The Balaban J connectivity index is 2.08. The van der Waals surface area contributed by atoms with Gasteiger partial charge in [-0.15, -0.1) is 0 Å². The maximum Gasteiger partial charge on any atom is 0.123 e. The Hall–Kier alpha value is -2.03. The van der Waals surface area contributed by atoms with Crippen LogP contribution in [0.2, 0.25) is 0 Å². The van der Waals surface area contributed by atoms with Gasteiger partial charge < -0.3 is 10.5 Å². The van der Waals surface area contributed by atoms with Crippen LogP contribution in [-0.2, 0) is 6.42 Å². The molecular weight excluding hydrogens is 229 g/mol. The average molecular weight is 243 g/mol. The van der Waals surface area contributed by atoms with Gasteiger partial charge in [-0.1, -0.05) is 6.07 Å². The van der Waals surface area contributed by atoms with Crippen LogP contribution in [-0.4, -0.2) is 6.10 Å². The van der Waals surface area contributed by atoms with Gasteiger partial charge in [0.25, 0.3) is 0 Å². The predicted octanol–water partition coefficient (Wildman–Crippen LogP) is 3.40. The fourth-order valence-corrected chi connectivity index (χ4v) is 2.37. The Labute approximate surface area is 105 Å². The van der Waals surface area contributed by atoms with Gasteiger partial charge in [0.05, 0.1) is 0 Å². The lowest BCUT2D eigenvalue weighted by Gasteiger charge is -2.07. The minimum Gasteiger partial charge on any atom is -0.490 e. The topological polar surface area (TPSA) is 35.2 Å². The predicted molar refractivity (Wildman–Crippen MR) is 70.0 cm³/mol. The van der Waals surface area contributed by atoms with Crippen LogP contribution in [0.5, 0.6) is 5.75 Å². The molecule has 18 heavy (non-hydrogen) atoms. The van der Waals surface area contributed by atoms with E-state index in [-0.39, 0.29) is 11.9 Å². The van der Waals surface area contributed by atoms with E-state index in [1.807, 2.05) is 25.1 Å². The maximum atomic E-state index is 13.3. The van der Waals surface area contributed by atoms with E-state index in [0.717, 1.165) is 28.9 Å². The van der Waals surface area contributed by atoms with Gasteiger partial charge in [-0.25, -0.2) is 4.39 Å². The Morgan fingerprint density at radius 1 is 1.22 bits per heavy atom. The number of hydrogen-bond donors (Lipinski definition) is 1. The van der Waals surface area contributed by atoms with Crippen molar-refractivity contribution in [3.05, 3.63) is 47.8 Å². The van der Waals surface area contributed by atoms with Gasteiger partial charge in [0, 0.05) is 17.7 Å². The molecule has 1 aliphatic heterocycles. The summed E-state index contributed by atoms with van der Waals surface area (Å²) in [6, 6.07) is 10.3. The molecule has 0 aliphatic carbocycles. The van der Waals surface area contributed by atoms with Gasteiger partial charge in [-0.05, 0) is 48.4 Å². The van der Waals surface area contributed by atoms with E-state index in [9.17, 15) is 4.39 Å². The summed E-state index contributed by atoms with van der Waals surface area (Å²) in [7, 11) is 0. The summed E-state index contributed by atoms with van der Waals surface area (Å²) < 4.78 is 18.9. The number of halogens is 1. The minimum atomic E-state index is -0.274. The molecule has 1 aliphatic rings. The number of rotatable bonds is 1. The van der Waals surface area contributed by atoms with E-state index in [1.165, 1.54) is 12.1 Å². The summed E-state index contributed by atoms with van der Waals surface area (Å²) in [6.07, 6.45) is 1.10. The quantitative estimate of drug-likeness (QED) is 0.779. The van der Waals surface area contributed by atoms with Gasteiger partial charge in [0.15, 0.2) is 0 Å². The molecule has 3 heteroatoms. The molecule has 0 saturated carbocycles. The van der Waals surface area contributed by atoms with Crippen LogP contribution in [0.4, 0.5) is 10.1 Å². The lowest BCUT2D eigenvalue weighted by atomic mass is 10.00. The van der Waals surface area contributed by atoms with Gasteiger partial charge in [-0.2, -0.15) is 0 Å². The van der Waals surface area contributed by atoms with E-state index in [0.29, 0.717) is 5.69 Å². The molecule has 1 unspecified atom stereocenters. The second kappa shape index (κ2) is 4.02. The van der Waals surface area contributed by atoms with Crippen molar-refractivity contribution in [3.8, 4) is 16.9 Å². The van der Waals surface area contributed by atoms with Crippen molar-refractivity contribution < 1.29 is 9.13 Å². The molecule has 1 heterocycles. The lowest BCUT2D eigenvalue weighted by Crippen LogP contribution is -2.05. The van der Waals surface area contributed by atoms with E-state index < -0.39 is 0 Å². The normalized spacial score (nSPS) is 17.3. The van der Waals surface area contributed by atoms with E-state index in [2.05, 4.69) is 0 Å². The van der Waals surface area contributed by atoms with Crippen LogP contribution in [0.25, 0.3) is 11.1 Å². The van der Waals surface area contributed by atoms with Gasteiger partial charge >= 0.3 is 0 Å². The van der Waals surface area contributed by atoms with Crippen LogP contribution in [0.15, 0.2) is 36.4 Å². The zero-order valence-electron chi connectivity index (χ0n) is 10.1. The van der Waals surface area contributed by atoms with Crippen molar-refractivity contribution in [2.45, 2.75) is 19.4 Å². The van der Waals surface area contributed by atoms with Gasteiger partial charge in [0.2, 0.25) is 0 Å². The summed E-state index contributed by atoms with van der Waals surface area (Å²) >= 11 is 0. The maximum absolute atomic E-state index is 13.3. The summed E-state index contributed by atoms with van der Waals surface area (Å²) in [5, 5.41) is 0. The molecular formula is C15H14FNO. The zero-order valence-corrected chi connectivity index (χ0v) is 10.1. The third-order valence-electron chi connectivity index (χ3n) is 3.22. The Morgan fingerprint density at radius 2 is 2.06 bits per heavy atom. The van der Waals surface area contributed by atoms with Gasteiger partial charge in [0.1, 0.15) is 17.7 Å². The Bertz CT molecular complexity index is 609. The van der Waals surface area contributed by atoms with Crippen molar-refractivity contribution in [3.63, 3.8) is 0 Å². The van der Waals surface area contributed by atoms with E-state index in [1.54, 1.807) is 6.07 Å². The summed E-state index contributed by atoms with van der Waals surface area (Å²) in [4.78, 5) is 0. The number of ether oxygens (including phenoxy) is 1. The highest BCUT2D eigenvalue weighted by Crippen LogP contribution is 2.34. The Kier molecular flexibility index (Phi) is 2.47. The number of benzene rings is 2. The largest absolute Gasteiger partial charge is 0.490 e. The van der Waals surface area contributed by atoms with Gasteiger partial charge in [-0.3, -0.25) is 0 Å². The molecule has 2 aromatic rings. The van der Waals surface area contributed by atoms with Crippen molar-refractivity contribution in [1.29, 1.82) is 0 Å². The standard InChI is InChI=1S/C15H14FNO/c1-9-6-11-7-10(2-5-15(11)18-9)13-8-12(16)3-4-14(13)17/h2-5,7-9H,6,17H2,1H3. The monoisotopic (exact) mass is 243 g/mol. The molecule has 2 aromatic carbocycles. The smallest absolute Gasteiger partial charge is 0.123 e. The molecule has 1 atom stereocenters. The number of nitrogen functional groups attached to an aromatic ring is 1. The highest BCUT2D eigenvalue weighted by atomic mass is 19.1. The fourth-order valence-electron chi connectivity index (χ4n) is 2.37.